The molecule has 7 nitrogen and oxygen atoms in total. The monoisotopic (exact) mass is 336 g/mol. The van der Waals surface area contributed by atoms with Crippen molar-refractivity contribution < 1.29 is 5.11 Å². The molecule has 2 N–H and O–H groups in total. The van der Waals surface area contributed by atoms with Crippen LogP contribution in [0, 0.1) is 0 Å². The number of anilines is 3. The second kappa shape index (κ2) is 6.52. The fraction of sp³-hybridized carbons (Fsp3) is 0.278. The Morgan fingerprint density at radius 3 is 2.60 bits per heavy atom. The smallest absolute Gasteiger partial charge is 0.229 e. The number of rotatable bonds is 3. The van der Waals surface area contributed by atoms with E-state index in [0.29, 0.717) is 17.3 Å². The molecule has 1 aliphatic rings. The van der Waals surface area contributed by atoms with E-state index < -0.39 is 0 Å². The summed E-state index contributed by atoms with van der Waals surface area (Å²) >= 11 is 0. The molecule has 1 aromatic carbocycles. The number of fused-ring (bicyclic) bond motifs is 1. The summed E-state index contributed by atoms with van der Waals surface area (Å²) in [5.41, 5.74) is 1.64. The van der Waals surface area contributed by atoms with E-state index in [1.165, 1.54) is 0 Å². The molecule has 0 saturated carbocycles. The summed E-state index contributed by atoms with van der Waals surface area (Å²) < 4.78 is 0. The quantitative estimate of drug-likeness (QED) is 0.759. The highest BCUT2D eigenvalue weighted by atomic mass is 16.3. The zero-order valence-electron chi connectivity index (χ0n) is 14.1. The van der Waals surface area contributed by atoms with Gasteiger partial charge in [-0.3, -0.25) is 0 Å². The van der Waals surface area contributed by atoms with Gasteiger partial charge in [0.25, 0.3) is 0 Å². The van der Waals surface area contributed by atoms with Gasteiger partial charge in [0.15, 0.2) is 0 Å². The summed E-state index contributed by atoms with van der Waals surface area (Å²) in [5, 5.41) is 13.8. The highest BCUT2D eigenvalue weighted by molar-refractivity contribution is 5.84. The van der Waals surface area contributed by atoms with Crippen LogP contribution >= 0.6 is 0 Å². The third-order valence-corrected chi connectivity index (χ3v) is 4.45. The number of hydrogen-bond acceptors (Lipinski definition) is 7. The normalized spacial score (nSPS) is 15.5. The van der Waals surface area contributed by atoms with E-state index in [1.807, 2.05) is 18.3 Å². The van der Waals surface area contributed by atoms with Crippen LogP contribution in [0.1, 0.15) is 0 Å². The van der Waals surface area contributed by atoms with E-state index in [-0.39, 0.29) is 5.75 Å². The molecule has 0 spiro atoms. The van der Waals surface area contributed by atoms with Crippen molar-refractivity contribution in [2.45, 2.75) is 0 Å². The van der Waals surface area contributed by atoms with Gasteiger partial charge in [0, 0.05) is 37.8 Å². The molecule has 3 heterocycles. The van der Waals surface area contributed by atoms with Crippen molar-refractivity contribution in [2.75, 3.05) is 43.4 Å². The fourth-order valence-electron chi connectivity index (χ4n) is 2.93. The van der Waals surface area contributed by atoms with Crippen LogP contribution in [0.25, 0.3) is 10.9 Å². The van der Waals surface area contributed by atoms with Gasteiger partial charge in [0.2, 0.25) is 5.95 Å². The lowest BCUT2D eigenvalue weighted by Gasteiger charge is -2.33. The second-order valence-corrected chi connectivity index (χ2v) is 6.23. The predicted octanol–water partition coefficient (Wildman–Crippen LogP) is 2.23. The summed E-state index contributed by atoms with van der Waals surface area (Å²) in [6, 6.07) is 9.22. The lowest BCUT2D eigenvalue weighted by atomic mass is 10.2. The van der Waals surface area contributed by atoms with E-state index in [4.69, 9.17) is 0 Å². The van der Waals surface area contributed by atoms with Crippen molar-refractivity contribution in [3.8, 4) is 5.75 Å². The van der Waals surface area contributed by atoms with Crippen molar-refractivity contribution >= 4 is 28.4 Å². The average Bonchev–Trinajstić information content (AvgIpc) is 2.64. The van der Waals surface area contributed by atoms with Gasteiger partial charge in [-0.15, -0.1) is 0 Å². The van der Waals surface area contributed by atoms with E-state index in [2.05, 4.69) is 43.2 Å². The maximum atomic E-state index is 9.92. The Kier molecular flexibility index (Phi) is 4.07. The lowest BCUT2D eigenvalue weighted by Crippen LogP contribution is -2.44. The third-order valence-electron chi connectivity index (χ3n) is 4.45. The number of nitrogens with zero attached hydrogens (tertiary/aromatic N) is 5. The Balaban J connectivity index is 1.50. The molecule has 0 aliphatic carbocycles. The van der Waals surface area contributed by atoms with Crippen LogP contribution in [0.15, 0.2) is 42.7 Å². The molecule has 0 bridgehead atoms. The molecule has 0 unspecified atom stereocenters. The van der Waals surface area contributed by atoms with Crippen LogP contribution in [0.2, 0.25) is 0 Å². The molecule has 128 valence electrons. The molecule has 0 radical (unpaired) electrons. The minimum Gasteiger partial charge on any atom is -0.506 e. The number of nitrogens with one attached hydrogen (secondary N) is 1. The first kappa shape index (κ1) is 15.6. The Morgan fingerprint density at radius 2 is 1.84 bits per heavy atom. The SMILES string of the molecule is CN1CCN(c2ccc(Nc3ncc4cccc(O)c4n3)nc2)CC1. The molecule has 0 atom stereocenters. The van der Waals surface area contributed by atoms with Gasteiger partial charge in [-0.25, -0.2) is 15.0 Å². The van der Waals surface area contributed by atoms with E-state index in [0.717, 1.165) is 37.3 Å². The zero-order valence-corrected chi connectivity index (χ0v) is 14.1. The van der Waals surface area contributed by atoms with E-state index in [9.17, 15) is 5.11 Å². The second-order valence-electron chi connectivity index (χ2n) is 6.23. The van der Waals surface area contributed by atoms with Crippen molar-refractivity contribution in [1.82, 2.24) is 19.9 Å². The third kappa shape index (κ3) is 3.32. The molecular formula is C18H20N6O. The van der Waals surface area contributed by atoms with Crippen LogP contribution in [0.4, 0.5) is 17.5 Å². The van der Waals surface area contributed by atoms with Crippen LogP contribution in [0.5, 0.6) is 5.75 Å². The van der Waals surface area contributed by atoms with E-state index >= 15 is 0 Å². The van der Waals surface area contributed by atoms with Crippen molar-refractivity contribution in [3.63, 3.8) is 0 Å². The number of para-hydroxylation sites is 1. The van der Waals surface area contributed by atoms with Crippen LogP contribution in [0.3, 0.4) is 0 Å². The summed E-state index contributed by atoms with van der Waals surface area (Å²) in [7, 11) is 2.14. The summed E-state index contributed by atoms with van der Waals surface area (Å²) in [5.74, 6) is 1.22. The molecule has 25 heavy (non-hydrogen) atoms. The largest absolute Gasteiger partial charge is 0.506 e. The summed E-state index contributed by atoms with van der Waals surface area (Å²) in [6.45, 7) is 4.15. The predicted molar refractivity (Wildman–Crippen MR) is 98.4 cm³/mol. The summed E-state index contributed by atoms with van der Waals surface area (Å²) in [6.07, 6.45) is 3.55. The number of hydrogen-bond donors (Lipinski definition) is 2. The van der Waals surface area contributed by atoms with Crippen molar-refractivity contribution in [3.05, 3.63) is 42.7 Å². The molecule has 1 fully saturated rings. The van der Waals surface area contributed by atoms with Crippen molar-refractivity contribution in [2.24, 2.45) is 0 Å². The minimum absolute atomic E-state index is 0.140. The van der Waals surface area contributed by atoms with Crippen LogP contribution in [-0.4, -0.2) is 58.2 Å². The van der Waals surface area contributed by atoms with Gasteiger partial charge in [-0.1, -0.05) is 12.1 Å². The molecular weight excluding hydrogens is 316 g/mol. The molecule has 0 amide bonds. The minimum atomic E-state index is 0.140. The first-order valence-corrected chi connectivity index (χ1v) is 8.30. The average molecular weight is 336 g/mol. The van der Waals surface area contributed by atoms with Gasteiger partial charge in [-0.2, -0.15) is 0 Å². The van der Waals surface area contributed by atoms with Gasteiger partial charge in [0.1, 0.15) is 17.1 Å². The van der Waals surface area contributed by atoms with Gasteiger partial charge >= 0.3 is 0 Å². The molecule has 2 aromatic heterocycles. The number of phenols is 1. The Hall–Kier alpha value is -2.93. The number of pyridine rings is 1. The standard InChI is InChI=1S/C18H20N6O/c1-23-7-9-24(10-8-23)14-5-6-16(19-12-14)21-18-20-11-13-3-2-4-15(25)17(13)22-18/h2-6,11-12,25H,7-10H2,1H3,(H,19,20,21,22). The fourth-order valence-corrected chi connectivity index (χ4v) is 2.93. The molecule has 1 saturated heterocycles. The van der Waals surface area contributed by atoms with Gasteiger partial charge in [-0.05, 0) is 25.2 Å². The number of aromatic hydroxyl groups is 1. The maximum Gasteiger partial charge on any atom is 0.229 e. The number of benzene rings is 1. The Labute approximate surface area is 146 Å². The first-order valence-electron chi connectivity index (χ1n) is 8.30. The number of piperazine rings is 1. The molecule has 3 aromatic rings. The zero-order chi connectivity index (χ0) is 17.2. The number of phenolic OH excluding ortho intramolecular Hbond substituents is 1. The summed E-state index contributed by atoms with van der Waals surface area (Å²) in [4.78, 5) is 17.8. The maximum absolute atomic E-state index is 9.92. The lowest BCUT2D eigenvalue weighted by molar-refractivity contribution is 0.313. The molecule has 4 rings (SSSR count). The topological polar surface area (TPSA) is 77.4 Å². The van der Waals surface area contributed by atoms with E-state index in [1.54, 1.807) is 18.3 Å². The van der Waals surface area contributed by atoms with Gasteiger partial charge in [0.05, 0.1) is 11.9 Å². The van der Waals surface area contributed by atoms with Crippen LogP contribution in [-0.2, 0) is 0 Å². The number of aromatic nitrogens is 3. The Bertz CT molecular complexity index is 874. The Morgan fingerprint density at radius 1 is 1.00 bits per heavy atom. The van der Waals surface area contributed by atoms with Gasteiger partial charge < -0.3 is 20.2 Å². The highest BCUT2D eigenvalue weighted by Gasteiger charge is 2.14. The van der Waals surface area contributed by atoms with Crippen molar-refractivity contribution in [1.29, 1.82) is 0 Å². The first-order chi connectivity index (χ1) is 12.2. The molecule has 1 aliphatic heterocycles. The van der Waals surface area contributed by atoms with Crippen LogP contribution < -0.4 is 10.2 Å². The number of likely N-dealkylation sites (N-methyl/N-ethyl adjacent to an activating group) is 1. The molecule has 7 heteroatoms. The highest BCUT2D eigenvalue weighted by Crippen LogP contribution is 2.24.